The number of rotatable bonds is 3. The van der Waals surface area contributed by atoms with E-state index in [9.17, 15) is 4.91 Å². The van der Waals surface area contributed by atoms with E-state index < -0.39 is 0 Å². The number of hydrogen-bond donors (Lipinski definition) is 0. The minimum Gasteiger partial charge on any atom is -0.494 e. The van der Waals surface area contributed by atoms with Gasteiger partial charge in [-0.1, -0.05) is 6.07 Å². The zero-order valence-electron chi connectivity index (χ0n) is 7.20. The van der Waals surface area contributed by atoms with Crippen LogP contribution in [0.3, 0.4) is 0 Å². The summed E-state index contributed by atoms with van der Waals surface area (Å²) in [5, 5.41) is 2.88. The first-order chi connectivity index (χ1) is 5.77. The molecular weight excluding hydrogens is 154 g/mol. The molecule has 0 radical (unpaired) electrons. The first-order valence-corrected chi connectivity index (χ1v) is 3.84. The van der Waals surface area contributed by atoms with Crippen molar-refractivity contribution in [3.63, 3.8) is 0 Å². The van der Waals surface area contributed by atoms with Crippen molar-refractivity contribution in [2.75, 3.05) is 6.61 Å². The molecule has 0 aliphatic carbocycles. The molecule has 1 rings (SSSR count). The topological polar surface area (TPSA) is 38.7 Å². The summed E-state index contributed by atoms with van der Waals surface area (Å²) in [5.41, 5.74) is 1.31. The fourth-order valence-corrected chi connectivity index (χ4v) is 0.944. The summed E-state index contributed by atoms with van der Waals surface area (Å²) in [6, 6.07) is 5.29. The van der Waals surface area contributed by atoms with Crippen LogP contribution < -0.4 is 4.74 Å². The molecule has 0 heterocycles. The van der Waals surface area contributed by atoms with Crippen molar-refractivity contribution in [3.8, 4) is 5.75 Å². The summed E-state index contributed by atoms with van der Waals surface area (Å²) >= 11 is 0. The molecule has 1 aromatic rings. The number of aryl methyl sites for hydroxylation is 1. The summed E-state index contributed by atoms with van der Waals surface area (Å²) in [6.45, 7) is 4.34. The molecule has 0 fully saturated rings. The average Bonchev–Trinajstić information content (AvgIpc) is 2.09. The van der Waals surface area contributed by atoms with Crippen LogP contribution in [0, 0.1) is 11.8 Å². The number of nitroso groups, excluding NO2 is 1. The lowest BCUT2D eigenvalue weighted by Crippen LogP contribution is -1.90. The lowest BCUT2D eigenvalue weighted by Gasteiger charge is -2.03. The van der Waals surface area contributed by atoms with Crippen LogP contribution in [0.2, 0.25) is 0 Å². The summed E-state index contributed by atoms with van der Waals surface area (Å²) in [5.74, 6) is 0.692. The van der Waals surface area contributed by atoms with Crippen molar-refractivity contribution in [1.29, 1.82) is 0 Å². The fraction of sp³-hybridized carbons (Fsp3) is 0.333. The van der Waals surface area contributed by atoms with Crippen molar-refractivity contribution in [1.82, 2.24) is 0 Å². The lowest BCUT2D eigenvalue weighted by molar-refractivity contribution is 0.340. The van der Waals surface area contributed by atoms with Crippen molar-refractivity contribution in [2.24, 2.45) is 5.18 Å². The van der Waals surface area contributed by atoms with E-state index in [2.05, 4.69) is 5.18 Å². The van der Waals surface area contributed by atoms with Crippen molar-refractivity contribution < 1.29 is 4.74 Å². The first-order valence-electron chi connectivity index (χ1n) is 3.84. The maximum Gasteiger partial charge on any atom is 0.121 e. The minimum atomic E-state index is 0.445. The Labute approximate surface area is 71.3 Å². The highest BCUT2D eigenvalue weighted by molar-refractivity contribution is 5.49. The third-order valence-corrected chi connectivity index (χ3v) is 1.59. The summed E-state index contributed by atoms with van der Waals surface area (Å²) < 4.78 is 5.20. The average molecular weight is 165 g/mol. The Hall–Kier alpha value is -1.38. The van der Waals surface area contributed by atoms with E-state index in [0.717, 1.165) is 5.56 Å². The molecule has 0 spiro atoms. The Morgan fingerprint density at radius 2 is 2.25 bits per heavy atom. The van der Waals surface area contributed by atoms with Gasteiger partial charge < -0.3 is 4.74 Å². The Bertz CT molecular complexity index is 284. The predicted molar refractivity (Wildman–Crippen MR) is 47.8 cm³/mol. The van der Waals surface area contributed by atoms with E-state index >= 15 is 0 Å². The van der Waals surface area contributed by atoms with Gasteiger partial charge in [0.25, 0.3) is 0 Å². The first kappa shape index (κ1) is 8.71. The molecular formula is C9H11NO2. The van der Waals surface area contributed by atoms with Crippen LogP contribution in [-0.2, 0) is 0 Å². The molecule has 64 valence electrons. The fourth-order valence-electron chi connectivity index (χ4n) is 0.944. The van der Waals surface area contributed by atoms with Crippen LogP contribution in [0.15, 0.2) is 23.4 Å². The zero-order valence-corrected chi connectivity index (χ0v) is 7.20. The molecule has 0 N–H and O–H groups in total. The van der Waals surface area contributed by atoms with Gasteiger partial charge in [0.1, 0.15) is 11.4 Å². The van der Waals surface area contributed by atoms with Gasteiger partial charge in [-0.25, -0.2) is 0 Å². The highest BCUT2D eigenvalue weighted by atomic mass is 16.5. The molecule has 0 amide bonds. The third-order valence-electron chi connectivity index (χ3n) is 1.59. The van der Waals surface area contributed by atoms with Gasteiger partial charge >= 0.3 is 0 Å². The molecule has 0 aliphatic heterocycles. The van der Waals surface area contributed by atoms with E-state index in [1.807, 2.05) is 26.0 Å². The van der Waals surface area contributed by atoms with Crippen molar-refractivity contribution >= 4 is 5.69 Å². The molecule has 0 atom stereocenters. The van der Waals surface area contributed by atoms with Gasteiger partial charge in [0.15, 0.2) is 0 Å². The van der Waals surface area contributed by atoms with E-state index in [0.29, 0.717) is 18.0 Å². The molecule has 0 saturated heterocycles. The van der Waals surface area contributed by atoms with E-state index in [-0.39, 0.29) is 0 Å². The van der Waals surface area contributed by atoms with Gasteiger partial charge in [-0.15, -0.1) is 4.91 Å². The van der Waals surface area contributed by atoms with Crippen LogP contribution in [0.5, 0.6) is 5.75 Å². The van der Waals surface area contributed by atoms with Gasteiger partial charge in [0.05, 0.1) is 6.61 Å². The number of hydrogen-bond acceptors (Lipinski definition) is 3. The number of benzene rings is 1. The molecule has 0 unspecified atom stereocenters. The van der Waals surface area contributed by atoms with Gasteiger partial charge in [0, 0.05) is 6.07 Å². The molecule has 0 aliphatic rings. The van der Waals surface area contributed by atoms with Crippen LogP contribution in [-0.4, -0.2) is 6.61 Å². The molecule has 0 saturated carbocycles. The second kappa shape index (κ2) is 3.85. The third kappa shape index (κ3) is 1.81. The maximum atomic E-state index is 10.3. The van der Waals surface area contributed by atoms with Gasteiger partial charge in [-0.05, 0) is 30.7 Å². The van der Waals surface area contributed by atoms with Crippen LogP contribution >= 0.6 is 0 Å². The smallest absolute Gasteiger partial charge is 0.121 e. The largest absolute Gasteiger partial charge is 0.494 e. The van der Waals surface area contributed by atoms with Gasteiger partial charge in [-0.3, -0.25) is 0 Å². The number of ether oxygens (including phenoxy) is 1. The molecule has 3 heteroatoms. The summed E-state index contributed by atoms with van der Waals surface area (Å²) in [4.78, 5) is 10.3. The SMILES string of the molecule is CCOc1ccc(C)c(N=O)c1. The van der Waals surface area contributed by atoms with Crippen LogP contribution in [0.25, 0.3) is 0 Å². The normalized spacial score (nSPS) is 9.50. The standard InChI is InChI=1S/C9H11NO2/c1-3-12-8-5-4-7(2)9(6-8)10-11/h4-6H,3H2,1-2H3. The zero-order chi connectivity index (χ0) is 8.97. The monoisotopic (exact) mass is 165 g/mol. The van der Waals surface area contributed by atoms with E-state index in [4.69, 9.17) is 4.74 Å². The second-order valence-corrected chi connectivity index (χ2v) is 2.47. The maximum absolute atomic E-state index is 10.3. The Balaban J connectivity index is 2.96. The van der Waals surface area contributed by atoms with E-state index in [1.54, 1.807) is 6.07 Å². The van der Waals surface area contributed by atoms with Crippen LogP contribution in [0.4, 0.5) is 5.69 Å². The Morgan fingerprint density at radius 3 is 2.83 bits per heavy atom. The van der Waals surface area contributed by atoms with Crippen LogP contribution in [0.1, 0.15) is 12.5 Å². The van der Waals surface area contributed by atoms with Crippen molar-refractivity contribution in [3.05, 3.63) is 28.7 Å². The quantitative estimate of drug-likeness (QED) is 0.646. The minimum absolute atomic E-state index is 0.445. The van der Waals surface area contributed by atoms with Gasteiger partial charge in [-0.2, -0.15) is 0 Å². The molecule has 1 aromatic carbocycles. The Morgan fingerprint density at radius 1 is 1.50 bits per heavy atom. The van der Waals surface area contributed by atoms with Crippen molar-refractivity contribution in [2.45, 2.75) is 13.8 Å². The molecule has 0 bridgehead atoms. The second-order valence-electron chi connectivity index (χ2n) is 2.47. The van der Waals surface area contributed by atoms with Gasteiger partial charge in [0.2, 0.25) is 0 Å². The lowest BCUT2D eigenvalue weighted by atomic mass is 10.2. The highest BCUT2D eigenvalue weighted by Crippen LogP contribution is 2.23. The molecule has 12 heavy (non-hydrogen) atoms. The Kier molecular flexibility index (Phi) is 2.80. The summed E-state index contributed by atoms with van der Waals surface area (Å²) in [7, 11) is 0. The molecule has 0 aromatic heterocycles. The summed E-state index contributed by atoms with van der Waals surface area (Å²) in [6.07, 6.45) is 0. The van der Waals surface area contributed by atoms with E-state index in [1.165, 1.54) is 0 Å². The highest BCUT2D eigenvalue weighted by Gasteiger charge is 1.99. The predicted octanol–water partition coefficient (Wildman–Crippen LogP) is 2.79. The molecule has 3 nitrogen and oxygen atoms in total. The number of nitrogens with zero attached hydrogens (tertiary/aromatic N) is 1.